The van der Waals surface area contributed by atoms with Gasteiger partial charge in [0.15, 0.2) is 0 Å². The molecule has 0 aliphatic heterocycles. The maximum absolute atomic E-state index is 10.4. The van der Waals surface area contributed by atoms with E-state index in [9.17, 15) is 4.79 Å². The van der Waals surface area contributed by atoms with Crippen molar-refractivity contribution in [3.63, 3.8) is 0 Å². The molecule has 0 aromatic heterocycles. The van der Waals surface area contributed by atoms with Gasteiger partial charge in [0, 0.05) is 6.42 Å². The molecule has 1 N–H and O–H groups in total. The number of hydrogen-bond acceptors (Lipinski definition) is 1. The molecule has 1 aliphatic rings. The first kappa shape index (κ1) is 8.57. The summed E-state index contributed by atoms with van der Waals surface area (Å²) in [4.78, 5) is 10.4. The standard InChI is InChI=1S/C9H16O2/c1-2-7-4-3-5-8(7)6-9(10)11/h7-8H,2-6H2,1H3,(H,10,11)/t7-,8-/m1/s1. The van der Waals surface area contributed by atoms with Crippen molar-refractivity contribution in [2.45, 2.75) is 39.0 Å². The maximum atomic E-state index is 10.4. The highest BCUT2D eigenvalue weighted by Gasteiger charge is 2.27. The van der Waals surface area contributed by atoms with Gasteiger partial charge in [-0.3, -0.25) is 4.79 Å². The topological polar surface area (TPSA) is 37.3 Å². The Balaban J connectivity index is 2.37. The normalized spacial score (nSPS) is 30.6. The quantitative estimate of drug-likeness (QED) is 0.680. The van der Waals surface area contributed by atoms with Gasteiger partial charge in [0.1, 0.15) is 0 Å². The van der Waals surface area contributed by atoms with Crippen LogP contribution in [0.15, 0.2) is 0 Å². The molecule has 0 spiro atoms. The smallest absolute Gasteiger partial charge is 0.303 e. The van der Waals surface area contributed by atoms with Crippen LogP contribution in [0, 0.1) is 11.8 Å². The summed E-state index contributed by atoms with van der Waals surface area (Å²) >= 11 is 0. The molecule has 64 valence electrons. The lowest BCUT2D eigenvalue weighted by Crippen LogP contribution is -2.11. The fourth-order valence-electron chi connectivity index (χ4n) is 2.14. The van der Waals surface area contributed by atoms with E-state index in [0.29, 0.717) is 18.3 Å². The van der Waals surface area contributed by atoms with Gasteiger partial charge in [-0.25, -0.2) is 0 Å². The minimum Gasteiger partial charge on any atom is -0.481 e. The molecule has 2 nitrogen and oxygen atoms in total. The van der Waals surface area contributed by atoms with Crippen LogP contribution in [-0.4, -0.2) is 11.1 Å². The SMILES string of the molecule is CC[C@@H]1CCC[C@@H]1CC(=O)O. The molecule has 0 saturated heterocycles. The summed E-state index contributed by atoms with van der Waals surface area (Å²) in [7, 11) is 0. The molecule has 1 rings (SSSR count). The van der Waals surface area contributed by atoms with Crippen molar-refractivity contribution in [3.8, 4) is 0 Å². The minimum absolute atomic E-state index is 0.387. The zero-order chi connectivity index (χ0) is 8.27. The lowest BCUT2D eigenvalue weighted by Gasteiger charge is -2.14. The van der Waals surface area contributed by atoms with Gasteiger partial charge in [0.2, 0.25) is 0 Å². The summed E-state index contributed by atoms with van der Waals surface area (Å²) in [5.74, 6) is 0.527. The van der Waals surface area contributed by atoms with Crippen molar-refractivity contribution in [3.05, 3.63) is 0 Å². The first-order valence-electron chi connectivity index (χ1n) is 4.45. The number of carboxylic acid groups (broad SMARTS) is 1. The van der Waals surface area contributed by atoms with Crippen molar-refractivity contribution < 1.29 is 9.90 Å². The molecule has 1 fully saturated rings. The van der Waals surface area contributed by atoms with Crippen molar-refractivity contribution in [1.82, 2.24) is 0 Å². The van der Waals surface area contributed by atoms with E-state index in [2.05, 4.69) is 6.92 Å². The number of aliphatic carboxylic acids is 1. The molecule has 2 heteroatoms. The van der Waals surface area contributed by atoms with E-state index in [-0.39, 0.29) is 0 Å². The van der Waals surface area contributed by atoms with Crippen LogP contribution in [0.2, 0.25) is 0 Å². The Morgan fingerprint density at radius 3 is 2.64 bits per heavy atom. The van der Waals surface area contributed by atoms with Crippen molar-refractivity contribution in [2.24, 2.45) is 11.8 Å². The highest BCUT2D eigenvalue weighted by atomic mass is 16.4. The Hall–Kier alpha value is -0.530. The lowest BCUT2D eigenvalue weighted by atomic mass is 9.91. The van der Waals surface area contributed by atoms with Crippen LogP contribution >= 0.6 is 0 Å². The van der Waals surface area contributed by atoms with E-state index < -0.39 is 5.97 Å². The molecule has 0 bridgehead atoms. The van der Waals surface area contributed by atoms with Gasteiger partial charge < -0.3 is 5.11 Å². The van der Waals surface area contributed by atoms with E-state index in [0.717, 1.165) is 12.8 Å². The van der Waals surface area contributed by atoms with Crippen LogP contribution in [0.3, 0.4) is 0 Å². The minimum atomic E-state index is -0.629. The molecular formula is C9H16O2. The summed E-state index contributed by atoms with van der Waals surface area (Å²) in [6, 6.07) is 0. The van der Waals surface area contributed by atoms with Crippen LogP contribution in [0.1, 0.15) is 39.0 Å². The second-order valence-electron chi connectivity index (χ2n) is 3.46. The Morgan fingerprint density at radius 2 is 2.09 bits per heavy atom. The van der Waals surface area contributed by atoms with Gasteiger partial charge in [0.05, 0.1) is 0 Å². The monoisotopic (exact) mass is 156 g/mol. The number of carboxylic acids is 1. The second-order valence-corrected chi connectivity index (χ2v) is 3.46. The lowest BCUT2D eigenvalue weighted by molar-refractivity contribution is -0.138. The van der Waals surface area contributed by atoms with Gasteiger partial charge in [-0.2, -0.15) is 0 Å². The summed E-state index contributed by atoms with van der Waals surface area (Å²) < 4.78 is 0. The van der Waals surface area contributed by atoms with Crippen LogP contribution in [0.5, 0.6) is 0 Å². The molecule has 1 aliphatic carbocycles. The van der Waals surface area contributed by atoms with Crippen molar-refractivity contribution in [1.29, 1.82) is 0 Å². The molecule has 0 heterocycles. The predicted molar refractivity (Wildman–Crippen MR) is 43.4 cm³/mol. The number of rotatable bonds is 3. The van der Waals surface area contributed by atoms with Gasteiger partial charge in [-0.05, 0) is 18.3 Å². The zero-order valence-corrected chi connectivity index (χ0v) is 7.05. The first-order valence-corrected chi connectivity index (χ1v) is 4.45. The van der Waals surface area contributed by atoms with Crippen LogP contribution in [0.25, 0.3) is 0 Å². The Labute approximate surface area is 67.6 Å². The summed E-state index contributed by atoms with van der Waals surface area (Å²) in [6.45, 7) is 2.16. The summed E-state index contributed by atoms with van der Waals surface area (Å²) in [6.07, 6.45) is 5.14. The fourth-order valence-corrected chi connectivity index (χ4v) is 2.14. The van der Waals surface area contributed by atoms with E-state index >= 15 is 0 Å². The van der Waals surface area contributed by atoms with Crippen LogP contribution < -0.4 is 0 Å². The molecule has 0 unspecified atom stereocenters. The van der Waals surface area contributed by atoms with Gasteiger partial charge in [-0.1, -0.05) is 26.2 Å². The fraction of sp³-hybridized carbons (Fsp3) is 0.889. The molecule has 0 amide bonds. The average Bonchev–Trinajstić information content (AvgIpc) is 2.34. The van der Waals surface area contributed by atoms with Gasteiger partial charge in [0.25, 0.3) is 0 Å². The largest absolute Gasteiger partial charge is 0.481 e. The van der Waals surface area contributed by atoms with Crippen molar-refractivity contribution >= 4 is 5.97 Å². The third kappa shape index (κ3) is 2.21. The van der Waals surface area contributed by atoms with E-state index in [4.69, 9.17) is 5.11 Å². The number of hydrogen-bond donors (Lipinski definition) is 1. The molecule has 0 radical (unpaired) electrons. The molecular weight excluding hydrogens is 140 g/mol. The molecule has 0 aromatic rings. The molecule has 0 aromatic carbocycles. The van der Waals surface area contributed by atoms with Gasteiger partial charge >= 0.3 is 5.97 Å². The summed E-state index contributed by atoms with van der Waals surface area (Å²) in [5.41, 5.74) is 0. The average molecular weight is 156 g/mol. The van der Waals surface area contributed by atoms with Crippen molar-refractivity contribution in [2.75, 3.05) is 0 Å². The van der Waals surface area contributed by atoms with E-state index in [1.54, 1.807) is 0 Å². The van der Waals surface area contributed by atoms with Crippen LogP contribution in [0.4, 0.5) is 0 Å². The first-order chi connectivity index (χ1) is 5.24. The Bertz CT molecular complexity index is 142. The highest BCUT2D eigenvalue weighted by Crippen LogP contribution is 2.35. The second kappa shape index (κ2) is 3.74. The number of carbonyl (C=O) groups is 1. The predicted octanol–water partition coefficient (Wildman–Crippen LogP) is 2.29. The third-order valence-electron chi connectivity index (χ3n) is 2.78. The highest BCUT2D eigenvalue weighted by molar-refractivity contribution is 5.67. The maximum Gasteiger partial charge on any atom is 0.303 e. The van der Waals surface area contributed by atoms with E-state index in [1.807, 2.05) is 0 Å². The molecule has 11 heavy (non-hydrogen) atoms. The summed E-state index contributed by atoms with van der Waals surface area (Å²) in [5, 5.41) is 8.59. The van der Waals surface area contributed by atoms with Crippen LogP contribution in [-0.2, 0) is 4.79 Å². The zero-order valence-electron chi connectivity index (χ0n) is 7.05. The van der Waals surface area contributed by atoms with Gasteiger partial charge in [-0.15, -0.1) is 0 Å². The molecule has 2 atom stereocenters. The third-order valence-corrected chi connectivity index (χ3v) is 2.78. The molecule has 1 saturated carbocycles. The Kier molecular flexibility index (Phi) is 2.92. The Morgan fingerprint density at radius 1 is 1.45 bits per heavy atom. The van der Waals surface area contributed by atoms with E-state index in [1.165, 1.54) is 12.8 Å².